The summed E-state index contributed by atoms with van der Waals surface area (Å²) in [7, 11) is 0. The largest absolute Gasteiger partial charge is 0.480 e. The molecule has 5 heteroatoms. The van der Waals surface area contributed by atoms with Crippen molar-refractivity contribution in [3.63, 3.8) is 0 Å². The van der Waals surface area contributed by atoms with Gasteiger partial charge >= 0.3 is 5.97 Å². The van der Waals surface area contributed by atoms with Crippen molar-refractivity contribution in [1.82, 2.24) is 5.32 Å². The standard InChI is InChI=1S/C18H18ClNO3/c1-12(13-7-3-2-4-8-13)20-16(18(22)23)11-17(21)14-9-5-6-10-15(14)19/h2-10,12,16,20H,11H2,1H3,(H,22,23)/t12-,16?/m0/s1/i11D2. The van der Waals surface area contributed by atoms with Gasteiger partial charge in [0, 0.05) is 20.7 Å². The van der Waals surface area contributed by atoms with E-state index in [1.807, 2.05) is 6.07 Å². The number of carboxylic acids is 1. The van der Waals surface area contributed by atoms with Crippen LogP contribution in [0.1, 0.15) is 38.0 Å². The molecule has 2 aromatic carbocycles. The van der Waals surface area contributed by atoms with Crippen LogP contribution in [-0.2, 0) is 4.79 Å². The quantitative estimate of drug-likeness (QED) is 0.758. The molecule has 0 heterocycles. The van der Waals surface area contributed by atoms with Gasteiger partial charge in [-0.3, -0.25) is 14.9 Å². The fraction of sp³-hybridized carbons (Fsp3) is 0.222. The molecule has 2 N–H and O–H groups in total. The van der Waals surface area contributed by atoms with E-state index in [1.165, 1.54) is 12.1 Å². The number of hydrogen-bond acceptors (Lipinski definition) is 3. The fourth-order valence-corrected chi connectivity index (χ4v) is 2.34. The van der Waals surface area contributed by atoms with E-state index in [9.17, 15) is 14.7 Å². The van der Waals surface area contributed by atoms with Crippen molar-refractivity contribution < 1.29 is 17.4 Å². The van der Waals surface area contributed by atoms with Crippen molar-refractivity contribution in [3.05, 3.63) is 70.7 Å². The van der Waals surface area contributed by atoms with Gasteiger partial charge in [0.05, 0.1) is 5.02 Å². The number of aliphatic carboxylic acids is 1. The molecule has 0 saturated carbocycles. The summed E-state index contributed by atoms with van der Waals surface area (Å²) in [5.41, 5.74) is 0.740. The Labute approximate surface area is 142 Å². The average molecular weight is 334 g/mol. The monoisotopic (exact) mass is 333 g/mol. The SMILES string of the molecule is [2H]C([2H])(C(=O)c1ccccc1Cl)C(N[C@@H](C)c1ccccc1)C(=O)O. The third-order valence-corrected chi connectivity index (χ3v) is 3.69. The van der Waals surface area contributed by atoms with Gasteiger partial charge in [0.1, 0.15) is 6.04 Å². The van der Waals surface area contributed by atoms with Gasteiger partial charge in [0.15, 0.2) is 5.78 Å². The van der Waals surface area contributed by atoms with E-state index in [4.69, 9.17) is 14.3 Å². The Balaban J connectivity index is 2.30. The topological polar surface area (TPSA) is 66.4 Å². The second-order valence-corrected chi connectivity index (χ2v) is 5.43. The smallest absolute Gasteiger partial charge is 0.321 e. The molecular weight excluding hydrogens is 314 g/mol. The second-order valence-electron chi connectivity index (χ2n) is 5.02. The van der Waals surface area contributed by atoms with Gasteiger partial charge in [-0.2, -0.15) is 0 Å². The average Bonchev–Trinajstić information content (AvgIpc) is 2.59. The number of rotatable bonds is 7. The van der Waals surface area contributed by atoms with Gasteiger partial charge in [0.2, 0.25) is 0 Å². The Morgan fingerprint density at radius 3 is 2.39 bits per heavy atom. The third-order valence-electron chi connectivity index (χ3n) is 3.36. The zero-order valence-corrected chi connectivity index (χ0v) is 13.2. The van der Waals surface area contributed by atoms with E-state index < -0.39 is 30.2 Å². The van der Waals surface area contributed by atoms with E-state index in [0.29, 0.717) is 0 Å². The first-order valence-corrected chi connectivity index (χ1v) is 7.46. The van der Waals surface area contributed by atoms with Crippen molar-refractivity contribution in [2.24, 2.45) is 0 Å². The highest BCUT2D eigenvalue weighted by molar-refractivity contribution is 6.34. The van der Waals surface area contributed by atoms with Gasteiger partial charge < -0.3 is 5.11 Å². The molecule has 2 aromatic rings. The lowest BCUT2D eigenvalue weighted by Gasteiger charge is -2.20. The first kappa shape index (κ1) is 14.4. The molecular formula is C18H18ClNO3. The molecule has 120 valence electrons. The summed E-state index contributed by atoms with van der Waals surface area (Å²) < 4.78 is 16.2. The predicted molar refractivity (Wildman–Crippen MR) is 89.8 cm³/mol. The predicted octanol–water partition coefficient (Wildman–Crippen LogP) is 3.72. The summed E-state index contributed by atoms with van der Waals surface area (Å²) in [6, 6.07) is 12.8. The maximum Gasteiger partial charge on any atom is 0.321 e. The molecule has 0 radical (unpaired) electrons. The molecule has 0 aliphatic heterocycles. The van der Waals surface area contributed by atoms with Gasteiger partial charge in [-0.1, -0.05) is 54.1 Å². The third kappa shape index (κ3) is 4.65. The van der Waals surface area contributed by atoms with Crippen LogP contribution in [-0.4, -0.2) is 22.9 Å². The zero-order valence-electron chi connectivity index (χ0n) is 14.5. The maximum absolute atomic E-state index is 12.6. The molecule has 0 spiro atoms. The molecule has 0 saturated heterocycles. The number of carbonyl (C=O) groups is 2. The van der Waals surface area contributed by atoms with Crippen molar-refractivity contribution in [1.29, 1.82) is 0 Å². The molecule has 2 rings (SSSR count). The van der Waals surface area contributed by atoms with E-state index in [0.717, 1.165) is 5.56 Å². The zero-order chi connectivity index (χ0) is 18.6. The van der Waals surface area contributed by atoms with Crippen LogP contribution in [0.25, 0.3) is 0 Å². The maximum atomic E-state index is 12.6. The second kappa shape index (κ2) is 7.90. The highest BCUT2D eigenvalue weighted by Crippen LogP contribution is 2.19. The minimum absolute atomic E-state index is 0.0467. The Morgan fingerprint density at radius 1 is 1.17 bits per heavy atom. The Morgan fingerprint density at radius 2 is 1.78 bits per heavy atom. The van der Waals surface area contributed by atoms with Crippen LogP contribution in [0.4, 0.5) is 0 Å². The normalized spacial score (nSPS) is 15.2. The lowest BCUT2D eigenvalue weighted by molar-refractivity contribution is -0.139. The van der Waals surface area contributed by atoms with Crippen LogP contribution in [0.15, 0.2) is 54.6 Å². The Bertz CT molecular complexity index is 768. The van der Waals surface area contributed by atoms with Crippen molar-refractivity contribution in [2.75, 3.05) is 0 Å². The number of nitrogens with one attached hydrogen (secondary N) is 1. The van der Waals surface area contributed by atoms with E-state index in [2.05, 4.69) is 5.32 Å². The highest BCUT2D eigenvalue weighted by Gasteiger charge is 2.24. The molecule has 0 bridgehead atoms. The van der Waals surface area contributed by atoms with Crippen molar-refractivity contribution in [3.8, 4) is 0 Å². The number of halogens is 1. The van der Waals surface area contributed by atoms with E-state index in [-0.39, 0.29) is 10.6 Å². The summed E-state index contributed by atoms with van der Waals surface area (Å²) in [6.07, 6.45) is -2.68. The minimum Gasteiger partial charge on any atom is -0.480 e. The first-order valence-electron chi connectivity index (χ1n) is 8.08. The van der Waals surface area contributed by atoms with Gasteiger partial charge in [-0.15, -0.1) is 0 Å². The number of carbonyl (C=O) groups excluding carboxylic acids is 1. The molecule has 23 heavy (non-hydrogen) atoms. The van der Waals surface area contributed by atoms with E-state index >= 15 is 0 Å². The summed E-state index contributed by atoms with van der Waals surface area (Å²) in [4.78, 5) is 24.2. The number of benzene rings is 2. The van der Waals surface area contributed by atoms with Crippen molar-refractivity contribution in [2.45, 2.75) is 25.4 Å². The van der Waals surface area contributed by atoms with Gasteiger partial charge in [-0.05, 0) is 24.6 Å². The number of hydrogen-bond donors (Lipinski definition) is 2. The number of carboxylic acid groups (broad SMARTS) is 1. The molecule has 0 aliphatic carbocycles. The first-order chi connectivity index (χ1) is 11.7. The summed E-state index contributed by atoms with van der Waals surface area (Å²) >= 11 is 5.96. The Hall–Kier alpha value is -2.17. The molecule has 0 aromatic heterocycles. The van der Waals surface area contributed by atoms with Gasteiger partial charge in [-0.25, -0.2) is 0 Å². The van der Waals surface area contributed by atoms with Crippen LogP contribution in [0.2, 0.25) is 5.02 Å². The van der Waals surface area contributed by atoms with E-state index in [1.54, 1.807) is 43.3 Å². The number of Topliss-reactive ketones (excluding diaryl/α,β-unsaturated/α-hetero) is 1. The van der Waals surface area contributed by atoms with Crippen molar-refractivity contribution >= 4 is 23.4 Å². The van der Waals surface area contributed by atoms with Crippen LogP contribution in [0, 0.1) is 0 Å². The van der Waals surface area contributed by atoms with Crippen LogP contribution in [0.5, 0.6) is 0 Å². The summed E-state index contributed by atoms with van der Waals surface area (Å²) in [5, 5.41) is 12.3. The molecule has 1 unspecified atom stereocenters. The van der Waals surface area contributed by atoms with Crippen LogP contribution in [0.3, 0.4) is 0 Å². The summed E-state index contributed by atoms with van der Waals surface area (Å²) in [5.74, 6) is -2.42. The molecule has 2 atom stereocenters. The Kier molecular flexibility index (Phi) is 4.96. The summed E-state index contributed by atoms with van der Waals surface area (Å²) in [6.45, 7) is 1.71. The van der Waals surface area contributed by atoms with Crippen LogP contribution < -0.4 is 5.32 Å². The molecule has 0 fully saturated rings. The number of ketones is 1. The molecule has 0 amide bonds. The minimum atomic E-state index is -2.68. The molecule has 4 nitrogen and oxygen atoms in total. The fourth-order valence-electron chi connectivity index (χ4n) is 2.12. The highest BCUT2D eigenvalue weighted by atomic mass is 35.5. The van der Waals surface area contributed by atoms with Crippen LogP contribution >= 0.6 is 11.6 Å². The lowest BCUT2D eigenvalue weighted by Crippen LogP contribution is -2.40. The molecule has 0 aliphatic rings. The van der Waals surface area contributed by atoms with Gasteiger partial charge in [0.25, 0.3) is 0 Å². The lowest BCUT2D eigenvalue weighted by atomic mass is 10.0.